The molecule has 1 aliphatic rings. The zero-order valence-corrected chi connectivity index (χ0v) is 16.7. The zero-order valence-electron chi connectivity index (χ0n) is 15.0. The van der Waals surface area contributed by atoms with Gasteiger partial charge in [0.05, 0.1) is 11.4 Å². The predicted octanol–water partition coefficient (Wildman–Crippen LogP) is -0.728. The lowest BCUT2D eigenvalue weighted by Crippen LogP contribution is -2.53. The van der Waals surface area contributed by atoms with Gasteiger partial charge in [0, 0.05) is 33.2 Å². The Balaban J connectivity index is 2.06. The van der Waals surface area contributed by atoms with Crippen LogP contribution < -0.4 is 5.14 Å². The summed E-state index contributed by atoms with van der Waals surface area (Å²) in [5, 5.41) is 4.97. The van der Waals surface area contributed by atoms with Crippen LogP contribution in [-0.4, -0.2) is 76.0 Å². The summed E-state index contributed by atoms with van der Waals surface area (Å²) in [5.41, 5.74) is 1.53. The van der Waals surface area contributed by atoms with E-state index in [0.29, 0.717) is 5.56 Å². The fourth-order valence-electron chi connectivity index (χ4n) is 2.68. The molecule has 0 saturated carbocycles. The Bertz CT molecular complexity index is 891. The smallest absolute Gasteiger partial charge is 0.277 e. The minimum absolute atomic E-state index is 0.153. The number of sulfonamides is 1. The van der Waals surface area contributed by atoms with E-state index in [1.807, 2.05) is 13.0 Å². The highest BCUT2D eigenvalue weighted by atomic mass is 32.2. The molecule has 1 aromatic rings. The van der Waals surface area contributed by atoms with Gasteiger partial charge in [0.15, 0.2) is 0 Å². The third-order valence-corrected chi connectivity index (χ3v) is 7.38. The number of piperazine rings is 1. The predicted molar refractivity (Wildman–Crippen MR) is 97.0 cm³/mol. The first-order chi connectivity index (χ1) is 11.9. The Morgan fingerprint density at radius 1 is 1.12 bits per heavy atom. The van der Waals surface area contributed by atoms with Crippen LogP contribution in [0, 0.1) is 13.8 Å². The van der Waals surface area contributed by atoms with Gasteiger partial charge in [-0.25, -0.2) is 13.6 Å². The molecule has 9 nitrogen and oxygen atoms in total. The van der Waals surface area contributed by atoms with Crippen molar-refractivity contribution in [2.24, 2.45) is 5.14 Å². The molecule has 1 saturated heterocycles. The van der Waals surface area contributed by atoms with Gasteiger partial charge < -0.3 is 4.90 Å². The lowest BCUT2D eigenvalue weighted by Gasteiger charge is -2.34. The molecule has 0 atom stereocenters. The molecular weight excluding hydrogens is 380 g/mol. The van der Waals surface area contributed by atoms with Crippen LogP contribution in [0.25, 0.3) is 0 Å². The Hall–Kier alpha value is -1.53. The van der Waals surface area contributed by atoms with Crippen molar-refractivity contribution in [2.75, 3.05) is 39.8 Å². The molecule has 0 bridgehead atoms. The molecule has 1 aliphatic heterocycles. The quantitative estimate of drug-likeness (QED) is 0.694. The standard InChI is InChI=1S/C15H24N4O5S2/c1-12-4-5-13(2)14(10-12)25(21,22)19-8-6-18(7-9-19)15(20)11-17(3)26(16,23)24/h4-5,10H,6-9,11H2,1-3H3,(H2,16,23,24). The van der Waals surface area contributed by atoms with Gasteiger partial charge >= 0.3 is 0 Å². The lowest BCUT2D eigenvalue weighted by atomic mass is 10.2. The molecule has 0 unspecified atom stereocenters. The second-order valence-electron chi connectivity index (χ2n) is 6.35. The number of nitrogens with zero attached hydrogens (tertiary/aromatic N) is 3. The maximum Gasteiger partial charge on any atom is 0.277 e. The maximum atomic E-state index is 12.9. The van der Waals surface area contributed by atoms with E-state index >= 15 is 0 Å². The van der Waals surface area contributed by atoms with Crippen molar-refractivity contribution >= 4 is 26.1 Å². The monoisotopic (exact) mass is 404 g/mol. The molecule has 2 rings (SSSR count). The van der Waals surface area contributed by atoms with Gasteiger partial charge in [0.1, 0.15) is 0 Å². The van der Waals surface area contributed by atoms with Crippen molar-refractivity contribution in [3.63, 3.8) is 0 Å². The van der Waals surface area contributed by atoms with Gasteiger partial charge in [-0.05, 0) is 31.0 Å². The molecule has 11 heteroatoms. The molecule has 0 aliphatic carbocycles. The van der Waals surface area contributed by atoms with Crippen LogP contribution in [0.4, 0.5) is 0 Å². The van der Waals surface area contributed by atoms with Crippen LogP contribution in [0.5, 0.6) is 0 Å². The molecular formula is C15H24N4O5S2. The van der Waals surface area contributed by atoms with E-state index in [9.17, 15) is 21.6 Å². The van der Waals surface area contributed by atoms with E-state index in [2.05, 4.69) is 0 Å². The molecule has 1 fully saturated rings. The number of benzene rings is 1. The van der Waals surface area contributed by atoms with E-state index < -0.39 is 26.1 Å². The SMILES string of the molecule is Cc1ccc(C)c(S(=O)(=O)N2CCN(C(=O)CN(C)S(N)(=O)=O)CC2)c1. The number of hydrogen-bond donors (Lipinski definition) is 1. The average molecular weight is 405 g/mol. The first-order valence-corrected chi connectivity index (χ1v) is 11.0. The Kier molecular flexibility index (Phi) is 6.08. The van der Waals surface area contributed by atoms with Crippen LogP contribution in [0.15, 0.2) is 23.1 Å². The molecule has 146 valence electrons. The first-order valence-electron chi connectivity index (χ1n) is 8.02. The second kappa shape index (κ2) is 7.61. The molecule has 0 aromatic heterocycles. The fourth-order valence-corrected chi connectivity index (χ4v) is 4.70. The number of carbonyl (C=O) groups excluding carboxylic acids is 1. The highest BCUT2D eigenvalue weighted by molar-refractivity contribution is 7.89. The van der Waals surface area contributed by atoms with E-state index in [1.165, 1.54) is 16.3 Å². The number of rotatable bonds is 5. The van der Waals surface area contributed by atoms with E-state index in [4.69, 9.17) is 5.14 Å². The van der Waals surface area contributed by atoms with Crippen molar-refractivity contribution in [3.8, 4) is 0 Å². The third-order valence-electron chi connectivity index (χ3n) is 4.35. The molecule has 0 radical (unpaired) electrons. The average Bonchev–Trinajstić information content (AvgIpc) is 2.56. The summed E-state index contributed by atoms with van der Waals surface area (Å²) in [6.45, 7) is 3.90. The number of hydrogen-bond acceptors (Lipinski definition) is 5. The molecule has 26 heavy (non-hydrogen) atoms. The van der Waals surface area contributed by atoms with Gasteiger partial charge in [-0.2, -0.15) is 17.0 Å². The topological polar surface area (TPSA) is 121 Å². The number of nitrogens with two attached hydrogens (primary N) is 1. The van der Waals surface area contributed by atoms with Crippen LogP contribution >= 0.6 is 0 Å². The van der Waals surface area contributed by atoms with Gasteiger partial charge in [0.2, 0.25) is 15.9 Å². The van der Waals surface area contributed by atoms with Crippen LogP contribution in [0.2, 0.25) is 0 Å². The molecule has 2 N–H and O–H groups in total. The Morgan fingerprint density at radius 2 is 1.69 bits per heavy atom. The number of carbonyl (C=O) groups is 1. The summed E-state index contributed by atoms with van der Waals surface area (Å²) >= 11 is 0. The highest BCUT2D eigenvalue weighted by Gasteiger charge is 2.31. The van der Waals surface area contributed by atoms with Crippen molar-refractivity contribution in [1.82, 2.24) is 13.5 Å². The summed E-state index contributed by atoms with van der Waals surface area (Å²) in [7, 11) is -6.36. The minimum Gasteiger partial charge on any atom is -0.339 e. The maximum absolute atomic E-state index is 12.9. The Labute approximate surface area is 154 Å². The summed E-state index contributed by atoms with van der Waals surface area (Å²) in [5.74, 6) is -0.412. The van der Waals surface area contributed by atoms with E-state index in [1.54, 1.807) is 19.1 Å². The first kappa shape index (κ1) is 20.8. The van der Waals surface area contributed by atoms with Crippen molar-refractivity contribution in [1.29, 1.82) is 0 Å². The number of likely N-dealkylation sites (N-methyl/N-ethyl adjacent to an activating group) is 1. The summed E-state index contributed by atoms with van der Waals surface area (Å²) in [6.07, 6.45) is 0. The van der Waals surface area contributed by atoms with Gasteiger partial charge in [-0.1, -0.05) is 12.1 Å². The van der Waals surface area contributed by atoms with Gasteiger partial charge in [0.25, 0.3) is 10.2 Å². The third kappa shape index (κ3) is 4.60. The molecule has 1 aromatic carbocycles. The van der Waals surface area contributed by atoms with Crippen molar-refractivity contribution in [3.05, 3.63) is 29.3 Å². The largest absolute Gasteiger partial charge is 0.339 e. The molecule has 1 heterocycles. The molecule has 1 amide bonds. The van der Waals surface area contributed by atoms with Crippen LogP contribution in [0.3, 0.4) is 0 Å². The van der Waals surface area contributed by atoms with Crippen LogP contribution in [-0.2, 0) is 25.0 Å². The Morgan fingerprint density at radius 3 is 2.23 bits per heavy atom. The minimum atomic E-state index is -3.94. The highest BCUT2D eigenvalue weighted by Crippen LogP contribution is 2.22. The molecule has 0 spiro atoms. The second-order valence-corrected chi connectivity index (χ2v) is 9.91. The van der Waals surface area contributed by atoms with Crippen LogP contribution in [0.1, 0.15) is 11.1 Å². The fraction of sp³-hybridized carbons (Fsp3) is 0.533. The lowest BCUT2D eigenvalue weighted by molar-refractivity contribution is -0.132. The van der Waals surface area contributed by atoms with E-state index in [0.717, 1.165) is 9.87 Å². The normalized spacial score (nSPS) is 16.9. The van der Waals surface area contributed by atoms with Crippen molar-refractivity contribution in [2.45, 2.75) is 18.7 Å². The van der Waals surface area contributed by atoms with Crippen molar-refractivity contribution < 1.29 is 21.6 Å². The number of amides is 1. The summed E-state index contributed by atoms with van der Waals surface area (Å²) in [4.78, 5) is 13.9. The summed E-state index contributed by atoms with van der Waals surface area (Å²) < 4.78 is 50.2. The van der Waals surface area contributed by atoms with Gasteiger partial charge in [-0.15, -0.1) is 0 Å². The number of aryl methyl sites for hydroxylation is 2. The van der Waals surface area contributed by atoms with Gasteiger partial charge in [-0.3, -0.25) is 4.79 Å². The van der Waals surface area contributed by atoms with E-state index in [-0.39, 0.29) is 37.6 Å². The zero-order chi connectivity index (χ0) is 19.7. The summed E-state index contributed by atoms with van der Waals surface area (Å²) in [6, 6.07) is 5.27.